The summed E-state index contributed by atoms with van der Waals surface area (Å²) in [7, 11) is 0. The molecule has 19 heavy (non-hydrogen) atoms. The van der Waals surface area contributed by atoms with E-state index in [1.807, 2.05) is 0 Å². The minimum absolute atomic E-state index is 0.0657. The first kappa shape index (κ1) is 13.7. The summed E-state index contributed by atoms with van der Waals surface area (Å²) in [5.74, 6) is -1.26. The van der Waals surface area contributed by atoms with E-state index in [9.17, 15) is 9.90 Å². The average molecular weight is 295 g/mol. The van der Waals surface area contributed by atoms with E-state index in [0.29, 0.717) is 21.4 Å². The number of carboxylic acid groups (broad SMARTS) is 1. The number of halogens is 2. The van der Waals surface area contributed by atoms with Gasteiger partial charge in [0, 0.05) is 11.3 Å². The topological polar surface area (TPSA) is 52.2 Å². The molecule has 0 atom stereocenters. The zero-order valence-electron chi connectivity index (χ0n) is 10.0. The van der Waals surface area contributed by atoms with Crippen LogP contribution >= 0.6 is 23.2 Å². The summed E-state index contributed by atoms with van der Waals surface area (Å²) in [6.45, 7) is 1.80. The number of hydrogen-bond acceptors (Lipinski definition) is 3. The van der Waals surface area contributed by atoms with Gasteiger partial charge in [0.2, 0.25) is 0 Å². The van der Waals surface area contributed by atoms with Crippen LogP contribution in [0, 0.1) is 6.92 Å². The molecule has 0 aliphatic heterocycles. The molecule has 0 saturated carbocycles. The van der Waals surface area contributed by atoms with Crippen molar-refractivity contribution >= 4 is 40.5 Å². The number of carbonyl (C=O) groups is 1. The van der Waals surface area contributed by atoms with Crippen LogP contribution in [0.5, 0.6) is 0 Å². The Morgan fingerprint density at radius 3 is 2.37 bits per heavy atom. The number of nitrogens with one attached hydrogen (secondary N) is 1. The summed E-state index contributed by atoms with van der Waals surface area (Å²) in [5, 5.41) is 14.9. The van der Waals surface area contributed by atoms with Crippen molar-refractivity contribution in [2.45, 2.75) is 6.92 Å². The van der Waals surface area contributed by atoms with Crippen LogP contribution in [0.15, 0.2) is 36.4 Å². The maximum absolute atomic E-state index is 11.1. The SMILES string of the molecule is Cc1ccc(Nc2c(Cl)cccc2Cl)c(C(=O)[O-])c1. The fraction of sp³-hybridized carbons (Fsp3) is 0.0714. The van der Waals surface area contributed by atoms with Crippen molar-refractivity contribution in [1.82, 2.24) is 0 Å². The number of aromatic carboxylic acids is 1. The predicted molar refractivity (Wildman–Crippen MR) is 75.3 cm³/mol. The minimum atomic E-state index is -1.26. The van der Waals surface area contributed by atoms with Gasteiger partial charge in [-0.15, -0.1) is 0 Å². The molecule has 1 N–H and O–H groups in total. The second-order valence-corrected chi connectivity index (χ2v) is 4.87. The number of para-hydroxylation sites is 1. The van der Waals surface area contributed by atoms with Crippen molar-refractivity contribution in [2.24, 2.45) is 0 Å². The zero-order chi connectivity index (χ0) is 14.0. The Balaban J connectivity index is 2.47. The standard InChI is InChI=1S/C14H11Cl2NO2/c1-8-5-6-12(9(7-8)14(18)19)17-13-10(15)3-2-4-11(13)16/h2-7,17H,1H3,(H,18,19)/p-1. The largest absolute Gasteiger partial charge is 0.545 e. The molecule has 98 valence electrons. The molecular weight excluding hydrogens is 285 g/mol. The number of aryl methyl sites for hydroxylation is 1. The van der Waals surface area contributed by atoms with Gasteiger partial charge in [0.25, 0.3) is 0 Å². The van der Waals surface area contributed by atoms with Crippen molar-refractivity contribution in [3.63, 3.8) is 0 Å². The Morgan fingerprint density at radius 2 is 1.79 bits per heavy atom. The van der Waals surface area contributed by atoms with E-state index in [2.05, 4.69) is 5.32 Å². The molecule has 0 saturated heterocycles. The predicted octanol–water partition coefficient (Wildman–Crippen LogP) is 3.41. The molecule has 2 aromatic carbocycles. The van der Waals surface area contributed by atoms with Gasteiger partial charge in [-0.05, 0) is 31.2 Å². The first-order valence-electron chi connectivity index (χ1n) is 5.52. The van der Waals surface area contributed by atoms with E-state index in [-0.39, 0.29) is 5.56 Å². The summed E-state index contributed by atoms with van der Waals surface area (Å²) in [6, 6.07) is 10.0. The van der Waals surface area contributed by atoms with Gasteiger partial charge >= 0.3 is 0 Å². The van der Waals surface area contributed by atoms with Crippen LogP contribution in [0.1, 0.15) is 15.9 Å². The third-order valence-electron chi connectivity index (χ3n) is 2.62. The fourth-order valence-corrected chi connectivity index (χ4v) is 2.18. The Morgan fingerprint density at radius 1 is 1.16 bits per heavy atom. The molecule has 0 aromatic heterocycles. The van der Waals surface area contributed by atoms with Crippen molar-refractivity contribution in [2.75, 3.05) is 5.32 Å². The van der Waals surface area contributed by atoms with Crippen LogP contribution in [-0.4, -0.2) is 5.97 Å². The van der Waals surface area contributed by atoms with Gasteiger partial charge in [-0.1, -0.05) is 40.9 Å². The number of hydrogen-bond donors (Lipinski definition) is 1. The highest BCUT2D eigenvalue weighted by Gasteiger charge is 2.09. The molecule has 0 spiro atoms. The highest BCUT2D eigenvalue weighted by Crippen LogP contribution is 2.33. The lowest BCUT2D eigenvalue weighted by molar-refractivity contribution is -0.254. The number of rotatable bonds is 3. The van der Waals surface area contributed by atoms with Crippen molar-refractivity contribution in [1.29, 1.82) is 0 Å². The summed E-state index contributed by atoms with van der Waals surface area (Å²) in [6.07, 6.45) is 0. The van der Waals surface area contributed by atoms with E-state index in [1.54, 1.807) is 37.3 Å². The highest BCUT2D eigenvalue weighted by molar-refractivity contribution is 6.39. The van der Waals surface area contributed by atoms with Crippen LogP contribution < -0.4 is 10.4 Å². The molecule has 0 amide bonds. The van der Waals surface area contributed by atoms with E-state index >= 15 is 0 Å². The van der Waals surface area contributed by atoms with E-state index in [0.717, 1.165) is 5.56 Å². The molecular formula is C14H10Cl2NO2-. The Kier molecular flexibility index (Phi) is 3.98. The molecule has 5 heteroatoms. The zero-order valence-corrected chi connectivity index (χ0v) is 11.5. The van der Waals surface area contributed by atoms with Crippen molar-refractivity contribution in [3.8, 4) is 0 Å². The van der Waals surface area contributed by atoms with Crippen LogP contribution in [0.3, 0.4) is 0 Å². The molecule has 0 heterocycles. The normalized spacial score (nSPS) is 10.3. The molecule has 0 unspecified atom stereocenters. The number of carboxylic acids is 1. The summed E-state index contributed by atoms with van der Waals surface area (Å²) < 4.78 is 0. The third-order valence-corrected chi connectivity index (χ3v) is 3.25. The second-order valence-electron chi connectivity index (χ2n) is 4.06. The number of benzene rings is 2. The quantitative estimate of drug-likeness (QED) is 0.944. The van der Waals surface area contributed by atoms with Crippen molar-refractivity contribution < 1.29 is 9.90 Å². The Hall–Kier alpha value is -1.71. The number of anilines is 2. The summed E-state index contributed by atoms with van der Waals surface area (Å²) in [5.41, 5.74) is 1.75. The van der Waals surface area contributed by atoms with E-state index in [4.69, 9.17) is 23.2 Å². The maximum Gasteiger partial charge on any atom is 0.0763 e. The molecule has 2 rings (SSSR count). The van der Waals surface area contributed by atoms with Gasteiger partial charge in [0.05, 0.1) is 21.7 Å². The molecule has 0 aliphatic rings. The second kappa shape index (κ2) is 5.51. The molecule has 0 aliphatic carbocycles. The molecule has 3 nitrogen and oxygen atoms in total. The Labute approximate surface area is 120 Å². The van der Waals surface area contributed by atoms with Crippen molar-refractivity contribution in [3.05, 3.63) is 57.6 Å². The molecule has 0 bridgehead atoms. The lowest BCUT2D eigenvalue weighted by atomic mass is 10.1. The first-order chi connectivity index (χ1) is 8.99. The maximum atomic E-state index is 11.1. The van der Waals surface area contributed by atoms with Crippen LogP contribution in [-0.2, 0) is 0 Å². The Bertz CT molecular complexity index is 621. The van der Waals surface area contributed by atoms with Gasteiger partial charge in [0.15, 0.2) is 0 Å². The third kappa shape index (κ3) is 3.00. The van der Waals surface area contributed by atoms with Crippen LogP contribution in [0.2, 0.25) is 10.0 Å². The summed E-state index contributed by atoms with van der Waals surface area (Å²) >= 11 is 12.1. The first-order valence-corrected chi connectivity index (χ1v) is 6.27. The fourth-order valence-electron chi connectivity index (χ4n) is 1.69. The van der Waals surface area contributed by atoms with Gasteiger partial charge < -0.3 is 15.2 Å². The van der Waals surface area contributed by atoms with E-state index < -0.39 is 5.97 Å². The summed E-state index contributed by atoms with van der Waals surface area (Å²) in [4.78, 5) is 11.1. The van der Waals surface area contributed by atoms with Crippen LogP contribution in [0.4, 0.5) is 11.4 Å². The molecule has 0 radical (unpaired) electrons. The van der Waals surface area contributed by atoms with Gasteiger partial charge in [-0.2, -0.15) is 0 Å². The van der Waals surface area contributed by atoms with E-state index in [1.165, 1.54) is 6.07 Å². The van der Waals surface area contributed by atoms with Crippen LogP contribution in [0.25, 0.3) is 0 Å². The molecule has 2 aromatic rings. The van der Waals surface area contributed by atoms with Gasteiger partial charge in [-0.25, -0.2) is 0 Å². The monoisotopic (exact) mass is 294 g/mol. The number of carbonyl (C=O) groups excluding carboxylic acids is 1. The highest BCUT2D eigenvalue weighted by atomic mass is 35.5. The van der Waals surface area contributed by atoms with Gasteiger partial charge in [-0.3, -0.25) is 0 Å². The lowest BCUT2D eigenvalue weighted by Gasteiger charge is -2.15. The molecule has 0 fully saturated rings. The average Bonchev–Trinajstić information content (AvgIpc) is 2.35. The lowest BCUT2D eigenvalue weighted by Crippen LogP contribution is -2.23. The van der Waals surface area contributed by atoms with Gasteiger partial charge in [0.1, 0.15) is 0 Å². The minimum Gasteiger partial charge on any atom is -0.545 e. The smallest absolute Gasteiger partial charge is 0.0763 e.